The van der Waals surface area contributed by atoms with E-state index in [4.69, 9.17) is 10.5 Å². The maximum Gasteiger partial charge on any atom is 0.0465 e. The fourth-order valence-corrected chi connectivity index (χ4v) is 2.04. The summed E-state index contributed by atoms with van der Waals surface area (Å²) in [4.78, 5) is 0. The topological polar surface area (TPSA) is 35.2 Å². The molecule has 2 N–H and O–H groups in total. The first-order valence-electron chi connectivity index (χ1n) is 5.84. The number of methoxy groups -OCH3 is 1. The van der Waals surface area contributed by atoms with Crippen molar-refractivity contribution in [2.75, 3.05) is 13.7 Å². The van der Waals surface area contributed by atoms with Crippen LogP contribution in [0.3, 0.4) is 0 Å². The number of rotatable bonds is 5. The van der Waals surface area contributed by atoms with Gasteiger partial charge in [0.25, 0.3) is 0 Å². The van der Waals surface area contributed by atoms with Gasteiger partial charge in [0.1, 0.15) is 0 Å². The minimum absolute atomic E-state index is 0.288. The summed E-state index contributed by atoms with van der Waals surface area (Å²) in [5.41, 5.74) is 8.68. The molecule has 2 unspecified atom stereocenters. The molecule has 0 aliphatic rings. The van der Waals surface area contributed by atoms with Crippen LogP contribution in [0.1, 0.15) is 31.4 Å². The van der Waals surface area contributed by atoms with Crippen molar-refractivity contribution in [3.05, 3.63) is 35.4 Å². The number of hydrogen-bond acceptors (Lipinski definition) is 2. The zero-order valence-corrected chi connectivity index (χ0v) is 10.8. The maximum atomic E-state index is 6.47. The van der Waals surface area contributed by atoms with Crippen LogP contribution in [0.5, 0.6) is 0 Å². The lowest BCUT2D eigenvalue weighted by Gasteiger charge is -2.33. The Morgan fingerprint density at radius 2 is 2.00 bits per heavy atom. The fraction of sp³-hybridized carbons (Fsp3) is 0.571. The Labute approximate surface area is 98.8 Å². The Hall–Kier alpha value is -0.860. The van der Waals surface area contributed by atoms with E-state index in [2.05, 4.69) is 45.0 Å². The van der Waals surface area contributed by atoms with Gasteiger partial charge in [0.2, 0.25) is 0 Å². The highest BCUT2D eigenvalue weighted by atomic mass is 16.5. The summed E-state index contributed by atoms with van der Waals surface area (Å²) in [6.07, 6.45) is 0.984. The number of aryl methyl sites for hydroxylation is 1. The van der Waals surface area contributed by atoms with E-state index in [0.717, 1.165) is 13.0 Å². The SMILES string of the molecule is COCCC(C)C(C)(N)c1ccccc1C. The van der Waals surface area contributed by atoms with Crippen LogP contribution in [0.4, 0.5) is 0 Å². The smallest absolute Gasteiger partial charge is 0.0465 e. The van der Waals surface area contributed by atoms with E-state index in [-0.39, 0.29) is 5.54 Å². The Balaban J connectivity index is 2.88. The van der Waals surface area contributed by atoms with Crippen molar-refractivity contribution in [1.29, 1.82) is 0 Å². The molecular weight excluding hydrogens is 198 g/mol. The third-order valence-electron chi connectivity index (χ3n) is 3.50. The van der Waals surface area contributed by atoms with Gasteiger partial charge >= 0.3 is 0 Å². The van der Waals surface area contributed by atoms with Gasteiger partial charge in [0, 0.05) is 19.3 Å². The predicted molar refractivity (Wildman–Crippen MR) is 68.4 cm³/mol. The molecule has 1 aromatic carbocycles. The molecule has 0 spiro atoms. The third-order valence-corrected chi connectivity index (χ3v) is 3.50. The third kappa shape index (κ3) is 2.83. The molecule has 0 radical (unpaired) electrons. The molecule has 0 aliphatic heterocycles. The van der Waals surface area contributed by atoms with Gasteiger partial charge in [0.05, 0.1) is 0 Å². The largest absolute Gasteiger partial charge is 0.385 e. The lowest BCUT2D eigenvalue weighted by Crippen LogP contribution is -2.41. The minimum atomic E-state index is -0.288. The summed E-state index contributed by atoms with van der Waals surface area (Å²) in [6.45, 7) is 7.17. The van der Waals surface area contributed by atoms with Gasteiger partial charge < -0.3 is 10.5 Å². The molecule has 2 heteroatoms. The molecule has 0 saturated carbocycles. The highest BCUT2D eigenvalue weighted by molar-refractivity contribution is 5.32. The monoisotopic (exact) mass is 221 g/mol. The van der Waals surface area contributed by atoms with E-state index in [0.29, 0.717) is 5.92 Å². The number of benzene rings is 1. The first-order valence-corrected chi connectivity index (χ1v) is 5.84. The van der Waals surface area contributed by atoms with Crippen LogP contribution in [0.25, 0.3) is 0 Å². The van der Waals surface area contributed by atoms with Crippen LogP contribution in [0.2, 0.25) is 0 Å². The molecule has 2 atom stereocenters. The number of ether oxygens (including phenoxy) is 1. The van der Waals surface area contributed by atoms with E-state index < -0.39 is 0 Å². The van der Waals surface area contributed by atoms with E-state index in [1.165, 1.54) is 11.1 Å². The minimum Gasteiger partial charge on any atom is -0.385 e. The molecule has 0 aliphatic carbocycles. The second-order valence-corrected chi connectivity index (χ2v) is 4.78. The van der Waals surface area contributed by atoms with Gasteiger partial charge in [-0.2, -0.15) is 0 Å². The first-order chi connectivity index (χ1) is 7.50. The molecule has 0 bridgehead atoms. The highest BCUT2D eigenvalue weighted by Crippen LogP contribution is 2.30. The van der Waals surface area contributed by atoms with Crippen molar-refractivity contribution in [3.63, 3.8) is 0 Å². The Morgan fingerprint density at radius 3 is 2.56 bits per heavy atom. The maximum absolute atomic E-state index is 6.47. The second kappa shape index (κ2) is 5.46. The van der Waals surface area contributed by atoms with Gasteiger partial charge in [-0.05, 0) is 37.3 Å². The molecule has 0 aromatic heterocycles. The molecule has 90 valence electrons. The van der Waals surface area contributed by atoms with Crippen LogP contribution < -0.4 is 5.73 Å². The average Bonchev–Trinajstić information content (AvgIpc) is 2.26. The molecule has 1 aromatic rings. The lowest BCUT2D eigenvalue weighted by atomic mass is 9.78. The van der Waals surface area contributed by atoms with Crippen molar-refractivity contribution in [2.24, 2.45) is 11.7 Å². The van der Waals surface area contributed by atoms with Crippen molar-refractivity contribution >= 4 is 0 Å². The molecule has 2 nitrogen and oxygen atoms in total. The quantitative estimate of drug-likeness (QED) is 0.829. The molecule has 0 saturated heterocycles. The van der Waals surface area contributed by atoms with E-state index in [1.807, 2.05) is 0 Å². The summed E-state index contributed by atoms with van der Waals surface area (Å²) in [5, 5.41) is 0. The predicted octanol–water partition coefficient (Wildman–Crippen LogP) is 2.84. The average molecular weight is 221 g/mol. The van der Waals surface area contributed by atoms with Crippen LogP contribution >= 0.6 is 0 Å². The van der Waals surface area contributed by atoms with Crippen molar-refractivity contribution in [2.45, 2.75) is 32.7 Å². The summed E-state index contributed by atoms with van der Waals surface area (Å²) in [7, 11) is 1.73. The van der Waals surface area contributed by atoms with Gasteiger partial charge in [-0.1, -0.05) is 31.2 Å². The summed E-state index contributed by atoms with van der Waals surface area (Å²) in [5.74, 6) is 0.397. The van der Waals surface area contributed by atoms with Gasteiger partial charge in [0.15, 0.2) is 0 Å². The number of hydrogen-bond donors (Lipinski definition) is 1. The summed E-state index contributed by atoms with van der Waals surface area (Å²) >= 11 is 0. The molecule has 0 heterocycles. The van der Waals surface area contributed by atoms with Gasteiger partial charge in [-0.3, -0.25) is 0 Å². The number of nitrogens with two attached hydrogens (primary N) is 1. The van der Waals surface area contributed by atoms with Gasteiger partial charge in [-0.25, -0.2) is 0 Å². The molecule has 1 rings (SSSR count). The molecule has 16 heavy (non-hydrogen) atoms. The Kier molecular flexibility index (Phi) is 4.51. The van der Waals surface area contributed by atoms with E-state index in [1.54, 1.807) is 7.11 Å². The highest BCUT2D eigenvalue weighted by Gasteiger charge is 2.29. The molecule has 0 fully saturated rings. The van der Waals surface area contributed by atoms with Crippen LogP contribution in [-0.2, 0) is 10.3 Å². The van der Waals surface area contributed by atoms with E-state index >= 15 is 0 Å². The fourth-order valence-electron chi connectivity index (χ4n) is 2.04. The summed E-state index contributed by atoms with van der Waals surface area (Å²) in [6, 6.07) is 8.34. The normalized spacial score (nSPS) is 16.8. The second-order valence-electron chi connectivity index (χ2n) is 4.78. The van der Waals surface area contributed by atoms with Crippen molar-refractivity contribution in [1.82, 2.24) is 0 Å². The standard InChI is InChI=1S/C14H23NO/c1-11-7-5-6-8-13(11)14(3,15)12(2)9-10-16-4/h5-8,12H,9-10,15H2,1-4H3. The lowest BCUT2D eigenvalue weighted by molar-refractivity contribution is 0.159. The zero-order valence-electron chi connectivity index (χ0n) is 10.8. The van der Waals surface area contributed by atoms with Crippen LogP contribution in [-0.4, -0.2) is 13.7 Å². The molecule has 0 amide bonds. The van der Waals surface area contributed by atoms with Crippen LogP contribution in [0.15, 0.2) is 24.3 Å². The van der Waals surface area contributed by atoms with E-state index in [9.17, 15) is 0 Å². The van der Waals surface area contributed by atoms with Crippen LogP contribution in [0, 0.1) is 12.8 Å². The van der Waals surface area contributed by atoms with Crippen molar-refractivity contribution < 1.29 is 4.74 Å². The Morgan fingerprint density at radius 1 is 1.38 bits per heavy atom. The molecular formula is C14H23NO. The summed E-state index contributed by atoms with van der Waals surface area (Å²) < 4.78 is 5.12. The first kappa shape index (κ1) is 13.2. The van der Waals surface area contributed by atoms with Gasteiger partial charge in [-0.15, -0.1) is 0 Å². The zero-order chi connectivity index (χ0) is 12.2. The Bertz CT molecular complexity index is 333. The van der Waals surface area contributed by atoms with Crippen molar-refractivity contribution in [3.8, 4) is 0 Å².